The lowest BCUT2D eigenvalue weighted by Crippen LogP contribution is -2.24. The summed E-state index contributed by atoms with van der Waals surface area (Å²) >= 11 is 6.67. The van der Waals surface area contributed by atoms with Crippen LogP contribution in [0.4, 0.5) is 0 Å². The molecule has 3 aromatic heterocycles. The van der Waals surface area contributed by atoms with Crippen molar-refractivity contribution in [3.8, 4) is 28.3 Å². The highest BCUT2D eigenvalue weighted by atomic mass is 35.5. The van der Waals surface area contributed by atoms with Gasteiger partial charge in [-0.05, 0) is 48.7 Å². The van der Waals surface area contributed by atoms with Crippen LogP contribution in [0.25, 0.3) is 28.3 Å². The number of hydrogen-bond donors (Lipinski definition) is 1. The number of unbranched alkanes of at least 4 members (excludes halogenated alkanes) is 2. The van der Waals surface area contributed by atoms with Crippen molar-refractivity contribution in [3.05, 3.63) is 63.9 Å². The first-order chi connectivity index (χ1) is 15.7. The molecule has 3 heterocycles. The number of nitrogens with zero attached hydrogens (tertiary/aromatic N) is 6. The summed E-state index contributed by atoms with van der Waals surface area (Å²) < 4.78 is 3.44. The van der Waals surface area contributed by atoms with Crippen molar-refractivity contribution < 1.29 is 0 Å². The Bertz CT molecular complexity index is 1230. The number of pyridine rings is 1. The molecule has 1 aromatic carbocycles. The van der Waals surface area contributed by atoms with E-state index in [0.717, 1.165) is 60.3 Å². The highest BCUT2D eigenvalue weighted by molar-refractivity contribution is 6.30. The standard InChI is InChI=1S/C23H26ClN7O/c1-3-5-9-19-21(24)30(15-6-4-2)23(32)31(19)17-12-10-16(11-13-17)20-18(8-7-14-25-20)22-26-28-29-27-22/h7-8,10-14H,3-6,9,15H2,1-2H3,(H,26,27,28,29). The van der Waals surface area contributed by atoms with Gasteiger partial charge in [0.15, 0.2) is 0 Å². The van der Waals surface area contributed by atoms with Crippen molar-refractivity contribution >= 4 is 11.6 Å². The second kappa shape index (κ2) is 9.91. The number of benzene rings is 1. The van der Waals surface area contributed by atoms with Crippen LogP contribution in [0, 0.1) is 0 Å². The number of H-pyrrole nitrogens is 1. The summed E-state index contributed by atoms with van der Waals surface area (Å²) in [6.45, 7) is 4.86. The summed E-state index contributed by atoms with van der Waals surface area (Å²) in [5.41, 5.74) is 3.99. The van der Waals surface area contributed by atoms with E-state index in [-0.39, 0.29) is 5.69 Å². The molecule has 0 spiro atoms. The molecule has 0 bridgehead atoms. The Hall–Kier alpha value is -3.26. The maximum Gasteiger partial charge on any atom is 0.334 e. The number of aromatic amines is 1. The minimum atomic E-state index is -0.0902. The fourth-order valence-corrected chi connectivity index (χ4v) is 4.10. The predicted molar refractivity (Wildman–Crippen MR) is 125 cm³/mol. The normalized spacial score (nSPS) is 11.2. The van der Waals surface area contributed by atoms with Gasteiger partial charge in [0.25, 0.3) is 0 Å². The van der Waals surface area contributed by atoms with E-state index >= 15 is 0 Å². The van der Waals surface area contributed by atoms with Gasteiger partial charge >= 0.3 is 5.69 Å². The molecule has 0 aliphatic heterocycles. The Labute approximate surface area is 191 Å². The van der Waals surface area contributed by atoms with E-state index in [2.05, 4.69) is 39.5 Å². The average Bonchev–Trinajstić information content (AvgIpc) is 3.44. The van der Waals surface area contributed by atoms with Crippen molar-refractivity contribution in [1.29, 1.82) is 0 Å². The van der Waals surface area contributed by atoms with Crippen molar-refractivity contribution in [3.63, 3.8) is 0 Å². The maximum atomic E-state index is 13.2. The monoisotopic (exact) mass is 451 g/mol. The number of aromatic nitrogens is 7. The molecule has 0 atom stereocenters. The maximum absolute atomic E-state index is 13.2. The molecular weight excluding hydrogens is 426 g/mol. The first kappa shape index (κ1) is 22.0. The minimum Gasteiger partial charge on any atom is -0.282 e. The van der Waals surface area contributed by atoms with Crippen LogP contribution in [-0.4, -0.2) is 34.7 Å². The van der Waals surface area contributed by atoms with E-state index in [1.54, 1.807) is 15.3 Å². The number of halogens is 1. The lowest BCUT2D eigenvalue weighted by atomic mass is 10.0. The Kier molecular flexibility index (Phi) is 6.80. The number of imidazole rings is 1. The molecule has 1 N–H and O–H groups in total. The quantitative estimate of drug-likeness (QED) is 0.398. The first-order valence-electron chi connectivity index (χ1n) is 10.9. The minimum absolute atomic E-state index is 0.0902. The zero-order chi connectivity index (χ0) is 22.5. The van der Waals surface area contributed by atoms with Gasteiger partial charge in [0.2, 0.25) is 5.82 Å². The summed E-state index contributed by atoms with van der Waals surface area (Å²) in [6, 6.07) is 11.5. The van der Waals surface area contributed by atoms with Crippen LogP contribution in [0.5, 0.6) is 0 Å². The highest BCUT2D eigenvalue weighted by Crippen LogP contribution is 2.29. The van der Waals surface area contributed by atoms with Crippen molar-refractivity contribution in [2.45, 2.75) is 52.5 Å². The third kappa shape index (κ3) is 4.23. The first-order valence-corrected chi connectivity index (χ1v) is 11.3. The van der Waals surface area contributed by atoms with Crippen LogP contribution >= 0.6 is 11.6 Å². The van der Waals surface area contributed by atoms with Crippen LogP contribution in [0.15, 0.2) is 47.4 Å². The predicted octanol–water partition coefficient (Wildman–Crippen LogP) is 4.68. The molecular formula is C23H26ClN7O. The molecule has 0 amide bonds. The van der Waals surface area contributed by atoms with Crippen molar-refractivity contribution in [2.24, 2.45) is 0 Å². The third-order valence-corrected chi connectivity index (χ3v) is 5.88. The molecule has 4 rings (SSSR count). The number of tetrazole rings is 1. The molecule has 0 fully saturated rings. The molecule has 0 unspecified atom stereocenters. The molecule has 0 saturated carbocycles. The average molecular weight is 452 g/mol. The van der Waals surface area contributed by atoms with Gasteiger partial charge in [-0.25, -0.2) is 4.79 Å². The molecule has 166 valence electrons. The number of rotatable bonds is 9. The van der Waals surface area contributed by atoms with Crippen LogP contribution in [0.2, 0.25) is 5.15 Å². The van der Waals surface area contributed by atoms with Crippen LogP contribution < -0.4 is 5.69 Å². The number of nitrogens with one attached hydrogen (secondary N) is 1. The molecule has 0 aliphatic carbocycles. The molecule has 0 saturated heterocycles. The molecule has 4 aromatic rings. The topological polar surface area (TPSA) is 94.3 Å². The van der Waals surface area contributed by atoms with Crippen LogP contribution in [-0.2, 0) is 13.0 Å². The second-order valence-corrected chi connectivity index (χ2v) is 8.00. The summed E-state index contributed by atoms with van der Waals surface area (Å²) in [7, 11) is 0. The Morgan fingerprint density at radius 3 is 2.53 bits per heavy atom. The van der Waals surface area contributed by atoms with Crippen molar-refractivity contribution in [1.82, 2.24) is 34.7 Å². The molecule has 0 radical (unpaired) electrons. The van der Waals surface area contributed by atoms with E-state index in [4.69, 9.17) is 11.6 Å². The van der Waals surface area contributed by atoms with Crippen LogP contribution in [0.1, 0.15) is 45.2 Å². The van der Waals surface area contributed by atoms with Gasteiger partial charge in [-0.2, -0.15) is 5.21 Å². The molecule has 8 nitrogen and oxygen atoms in total. The van der Waals surface area contributed by atoms with Crippen LogP contribution in [0.3, 0.4) is 0 Å². The largest absolute Gasteiger partial charge is 0.334 e. The van der Waals surface area contributed by atoms with Gasteiger partial charge in [0, 0.05) is 23.9 Å². The van der Waals surface area contributed by atoms with E-state index in [1.165, 1.54) is 0 Å². The van der Waals surface area contributed by atoms with Crippen molar-refractivity contribution in [2.75, 3.05) is 0 Å². The fourth-order valence-electron chi connectivity index (χ4n) is 3.76. The lowest BCUT2D eigenvalue weighted by Gasteiger charge is -2.10. The summed E-state index contributed by atoms with van der Waals surface area (Å²) in [5, 5.41) is 14.8. The SMILES string of the molecule is CCCCc1c(Cl)n(CCCC)c(=O)n1-c1ccc(-c2ncccc2-c2nn[nH]n2)cc1. The van der Waals surface area contributed by atoms with E-state index in [1.807, 2.05) is 36.4 Å². The van der Waals surface area contributed by atoms with E-state index in [9.17, 15) is 4.79 Å². The zero-order valence-corrected chi connectivity index (χ0v) is 19.0. The summed E-state index contributed by atoms with van der Waals surface area (Å²) in [5.74, 6) is 0.482. The highest BCUT2D eigenvalue weighted by Gasteiger charge is 2.19. The molecule has 9 heteroatoms. The number of hydrogen-bond acceptors (Lipinski definition) is 5. The summed E-state index contributed by atoms with van der Waals surface area (Å²) in [4.78, 5) is 17.8. The summed E-state index contributed by atoms with van der Waals surface area (Å²) in [6.07, 6.45) is 6.40. The Morgan fingerprint density at radius 2 is 1.84 bits per heavy atom. The lowest BCUT2D eigenvalue weighted by molar-refractivity contribution is 0.609. The van der Waals surface area contributed by atoms with Gasteiger partial charge in [0.05, 0.1) is 17.1 Å². The zero-order valence-electron chi connectivity index (χ0n) is 18.3. The van der Waals surface area contributed by atoms with Gasteiger partial charge in [0.1, 0.15) is 5.15 Å². The third-order valence-electron chi connectivity index (χ3n) is 5.46. The van der Waals surface area contributed by atoms with Gasteiger partial charge in [-0.15, -0.1) is 10.2 Å². The smallest absolute Gasteiger partial charge is 0.282 e. The van der Waals surface area contributed by atoms with Gasteiger partial charge in [-0.3, -0.25) is 14.1 Å². The fraction of sp³-hybridized carbons (Fsp3) is 0.348. The second-order valence-electron chi connectivity index (χ2n) is 7.65. The van der Waals surface area contributed by atoms with E-state index in [0.29, 0.717) is 17.5 Å². The van der Waals surface area contributed by atoms with E-state index < -0.39 is 0 Å². The molecule has 32 heavy (non-hydrogen) atoms. The Balaban J connectivity index is 1.75. The van der Waals surface area contributed by atoms with Gasteiger partial charge < -0.3 is 0 Å². The molecule has 0 aliphatic rings. The Morgan fingerprint density at radius 1 is 1.06 bits per heavy atom. The van der Waals surface area contributed by atoms with Gasteiger partial charge in [-0.1, -0.05) is 50.4 Å².